The van der Waals surface area contributed by atoms with Crippen LogP contribution in [0.1, 0.15) is 29.8 Å². The van der Waals surface area contributed by atoms with Crippen molar-refractivity contribution in [3.8, 4) is 0 Å². The molecule has 4 heteroatoms. The normalized spacial score (nSPS) is 27.2. The lowest BCUT2D eigenvalue weighted by atomic mass is 10.0. The average Bonchev–Trinajstić information content (AvgIpc) is 2.85. The van der Waals surface area contributed by atoms with Gasteiger partial charge in [0.05, 0.1) is 6.61 Å². The maximum atomic E-state index is 10.1. The van der Waals surface area contributed by atoms with Gasteiger partial charge in [-0.05, 0) is 30.9 Å². The fourth-order valence-electron chi connectivity index (χ4n) is 2.00. The molecule has 1 saturated heterocycles. The average molecular weight is 241 g/mol. The molecule has 0 aliphatic carbocycles. The van der Waals surface area contributed by atoms with E-state index in [1.807, 2.05) is 0 Å². The molecule has 1 aromatic rings. The number of aryl methyl sites for hydroxylation is 1. The standard InChI is InChI=1S/C12H19NO2S/c1-9-3-6-16-11(9)10(2)13-7-12(14)4-5-15-8-12/h3,6,10,13-14H,4-5,7-8H2,1-2H3/t10-,12-/m1/s1. The van der Waals surface area contributed by atoms with Gasteiger partial charge in [-0.25, -0.2) is 0 Å². The summed E-state index contributed by atoms with van der Waals surface area (Å²) >= 11 is 1.76. The summed E-state index contributed by atoms with van der Waals surface area (Å²) in [5.41, 5.74) is 0.652. The van der Waals surface area contributed by atoms with Crippen LogP contribution in [0.3, 0.4) is 0 Å². The number of hydrogen-bond donors (Lipinski definition) is 2. The summed E-state index contributed by atoms with van der Waals surface area (Å²) in [6, 6.07) is 2.43. The maximum absolute atomic E-state index is 10.1. The van der Waals surface area contributed by atoms with Crippen LogP contribution in [0.4, 0.5) is 0 Å². The Morgan fingerprint density at radius 1 is 1.69 bits per heavy atom. The third-order valence-corrected chi connectivity index (χ3v) is 4.32. The van der Waals surface area contributed by atoms with Crippen LogP contribution in [-0.4, -0.2) is 30.5 Å². The third kappa shape index (κ3) is 2.63. The zero-order valence-corrected chi connectivity index (χ0v) is 10.6. The molecule has 16 heavy (non-hydrogen) atoms. The first-order valence-corrected chi connectivity index (χ1v) is 6.56. The van der Waals surface area contributed by atoms with E-state index in [0.29, 0.717) is 25.8 Å². The zero-order valence-electron chi connectivity index (χ0n) is 9.82. The molecule has 2 atom stereocenters. The van der Waals surface area contributed by atoms with E-state index < -0.39 is 5.60 Å². The van der Waals surface area contributed by atoms with Crippen LogP contribution in [0.25, 0.3) is 0 Å². The van der Waals surface area contributed by atoms with Gasteiger partial charge in [-0.15, -0.1) is 11.3 Å². The van der Waals surface area contributed by atoms with Crippen molar-refractivity contribution in [1.29, 1.82) is 0 Å². The summed E-state index contributed by atoms with van der Waals surface area (Å²) in [6.07, 6.45) is 0.732. The molecule has 0 spiro atoms. The Hall–Kier alpha value is -0.420. The predicted octanol–water partition coefficient (Wildman–Crippen LogP) is 1.86. The van der Waals surface area contributed by atoms with Gasteiger partial charge >= 0.3 is 0 Å². The Balaban J connectivity index is 1.88. The number of nitrogens with one attached hydrogen (secondary N) is 1. The van der Waals surface area contributed by atoms with Crippen molar-refractivity contribution < 1.29 is 9.84 Å². The molecule has 0 aromatic carbocycles. The minimum absolute atomic E-state index is 0.296. The minimum atomic E-state index is -0.667. The molecule has 1 aliphatic heterocycles. The molecule has 1 fully saturated rings. The number of rotatable bonds is 4. The van der Waals surface area contributed by atoms with Crippen LogP contribution in [-0.2, 0) is 4.74 Å². The van der Waals surface area contributed by atoms with Gasteiger partial charge in [-0.1, -0.05) is 0 Å². The minimum Gasteiger partial charge on any atom is -0.386 e. The Morgan fingerprint density at radius 3 is 3.06 bits per heavy atom. The van der Waals surface area contributed by atoms with Gasteiger partial charge in [-0.2, -0.15) is 0 Å². The van der Waals surface area contributed by atoms with Gasteiger partial charge in [0.15, 0.2) is 0 Å². The zero-order chi connectivity index (χ0) is 11.6. The van der Waals surface area contributed by atoms with Crippen LogP contribution in [0.2, 0.25) is 0 Å². The van der Waals surface area contributed by atoms with Crippen molar-refractivity contribution in [3.05, 3.63) is 21.9 Å². The Kier molecular flexibility index (Phi) is 3.64. The first-order chi connectivity index (χ1) is 7.61. The molecule has 0 amide bonds. The lowest BCUT2D eigenvalue weighted by molar-refractivity contribution is 0.0252. The maximum Gasteiger partial charge on any atom is 0.103 e. The molecule has 3 nitrogen and oxygen atoms in total. The van der Waals surface area contributed by atoms with Crippen molar-refractivity contribution in [2.24, 2.45) is 0 Å². The number of thiophene rings is 1. The van der Waals surface area contributed by atoms with E-state index in [2.05, 4.69) is 30.6 Å². The molecule has 0 unspecified atom stereocenters. The van der Waals surface area contributed by atoms with Crippen LogP contribution < -0.4 is 5.32 Å². The van der Waals surface area contributed by atoms with Gasteiger partial charge in [0.2, 0.25) is 0 Å². The molecular weight excluding hydrogens is 222 g/mol. The molecule has 90 valence electrons. The quantitative estimate of drug-likeness (QED) is 0.845. The number of aliphatic hydroxyl groups is 1. The van der Waals surface area contributed by atoms with Crippen molar-refractivity contribution >= 4 is 11.3 Å². The molecule has 2 N–H and O–H groups in total. The molecule has 2 heterocycles. The lowest BCUT2D eigenvalue weighted by Crippen LogP contribution is -2.41. The van der Waals surface area contributed by atoms with Crippen molar-refractivity contribution in [3.63, 3.8) is 0 Å². The van der Waals surface area contributed by atoms with E-state index in [-0.39, 0.29) is 0 Å². The predicted molar refractivity (Wildman–Crippen MR) is 65.9 cm³/mol. The molecule has 2 rings (SSSR count). The van der Waals surface area contributed by atoms with Crippen molar-refractivity contribution in [2.75, 3.05) is 19.8 Å². The molecule has 1 aliphatic rings. The molecular formula is C12H19NO2S. The first-order valence-electron chi connectivity index (χ1n) is 5.68. The molecule has 0 saturated carbocycles. The molecule has 0 bridgehead atoms. The summed E-state index contributed by atoms with van der Waals surface area (Å²) in [7, 11) is 0. The van der Waals surface area contributed by atoms with Crippen LogP contribution in [0, 0.1) is 6.92 Å². The fourth-order valence-corrected chi connectivity index (χ4v) is 2.96. The SMILES string of the molecule is Cc1ccsc1[C@@H](C)NC[C@]1(O)CCOC1. The third-order valence-electron chi connectivity index (χ3n) is 3.11. The smallest absolute Gasteiger partial charge is 0.103 e. The second-order valence-corrected chi connectivity index (χ2v) is 5.55. The summed E-state index contributed by atoms with van der Waals surface area (Å²) in [6.45, 7) is 5.99. The van der Waals surface area contributed by atoms with E-state index >= 15 is 0 Å². The largest absolute Gasteiger partial charge is 0.386 e. The summed E-state index contributed by atoms with van der Waals surface area (Å²) in [4.78, 5) is 1.35. The topological polar surface area (TPSA) is 41.5 Å². The van der Waals surface area contributed by atoms with E-state index in [0.717, 1.165) is 6.42 Å². The fraction of sp³-hybridized carbons (Fsp3) is 0.667. The van der Waals surface area contributed by atoms with Gasteiger partial charge in [0.1, 0.15) is 5.60 Å². The van der Waals surface area contributed by atoms with Crippen LogP contribution >= 0.6 is 11.3 Å². The van der Waals surface area contributed by atoms with E-state index in [1.165, 1.54) is 10.4 Å². The van der Waals surface area contributed by atoms with E-state index in [4.69, 9.17) is 4.74 Å². The van der Waals surface area contributed by atoms with Gasteiger partial charge in [0.25, 0.3) is 0 Å². The summed E-state index contributed by atoms with van der Waals surface area (Å²) in [5, 5.41) is 15.6. The highest BCUT2D eigenvalue weighted by molar-refractivity contribution is 7.10. The number of hydrogen-bond acceptors (Lipinski definition) is 4. The summed E-state index contributed by atoms with van der Waals surface area (Å²) < 4.78 is 5.22. The Labute approximate surface area is 100 Å². The molecule has 1 aromatic heterocycles. The van der Waals surface area contributed by atoms with Gasteiger partial charge in [-0.3, -0.25) is 0 Å². The van der Waals surface area contributed by atoms with Gasteiger partial charge in [0, 0.05) is 30.5 Å². The van der Waals surface area contributed by atoms with E-state index in [9.17, 15) is 5.11 Å². The van der Waals surface area contributed by atoms with Crippen molar-refractivity contribution in [2.45, 2.75) is 31.9 Å². The number of ether oxygens (including phenoxy) is 1. The van der Waals surface area contributed by atoms with Crippen molar-refractivity contribution in [1.82, 2.24) is 5.32 Å². The second-order valence-electron chi connectivity index (χ2n) is 4.60. The van der Waals surface area contributed by atoms with Crippen LogP contribution in [0.5, 0.6) is 0 Å². The highest BCUT2D eigenvalue weighted by atomic mass is 32.1. The van der Waals surface area contributed by atoms with Gasteiger partial charge < -0.3 is 15.2 Å². The van der Waals surface area contributed by atoms with E-state index in [1.54, 1.807) is 11.3 Å². The highest BCUT2D eigenvalue weighted by Crippen LogP contribution is 2.24. The highest BCUT2D eigenvalue weighted by Gasteiger charge is 2.32. The molecule has 0 radical (unpaired) electrons. The first kappa shape index (κ1) is 12.0. The monoisotopic (exact) mass is 241 g/mol. The Bertz CT molecular complexity index is 345. The Morgan fingerprint density at radius 2 is 2.50 bits per heavy atom. The summed E-state index contributed by atoms with van der Waals surface area (Å²) in [5.74, 6) is 0. The second kappa shape index (κ2) is 4.84. The van der Waals surface area contributed by atoms with Crippen LogP contribution in [0.15, 0.2) is 11.4 Å². The lowest BCUT2D eigenvalue weighted by Gasteiger charge is -2.23.